The molecule has 0 aliphatic heterocycles. The van der Waals surface area contributed by atoms with Gasteiger partial charge in [0.05, 0.1) is 11.8 Å². The molecular formula is C18H34O4Si2. The van der Waals surface area contributed by atoms with E-state index in [0.717, 1.165) is 12.1 Å². The molecule has 0 atom stereocenters. The van der Waals surface area contributed by atoms with Crippen molar-refractivity contribution in [2.24, 2.45) is 35.5 Å². The van der Waals surface area contributed by atoms with Crippen LogP contribution in [0.5, 0.6) is 0 Å². The normalized spacial score (nSPS) is 12.1. The van der Waals surface area contributed by atoms with E-state index in [0.29, 0.717) is 0 Å². The lowest BCUT2D eigenvalue weighted by atomic mass is 9.86. The molecule has 4 nitrogen and oxygen atoms in total. The molecule has 0 aromatic rings. The van der Waals surface area contributed by atoms with E-state index in [1.54, 1.807) is 0 Å². The molecule has 138 valence electrons. The van der Waals surface area contributed by atoms with Gasteiger partial charge in [0, 0.05) is 0 Å². The fourth-order valence-corrected chi connectivity index (χ4v) is 4.69. The predicted molar refractivity (Wildman–Crippen MR) is 99.6 cm³/mol. The zero-order valence-corrected chi connectivity index (χ0v) is 18.5. The van der Waals surface area contributed by atoms with Crippen LogP contribution in [0, 0.1) is 35.5 Å². The number of hydrogen-bond acceptors (Lipinski definition) is 4. The Kier molecular flexibility index (Phi) is 11.5. The Morgan fingerprint density at radius 1 is 0.625 bits per heavy atom. The maximum absolute atomic E-state index is 12.1. The first-order chi connectivity index (χ1) is 11.1. The van der Waals surface area contributed by atoms with Crippen LogP contribution in [0.2, 0.25) is 12.1 Å². The van der Waals surface area contributed by atoms with Crippen molar-refractivity contribution in [1.29, 1.82) is 0 Å². The first-order valence-electron chi connectivity index (χ1n) is 8.96. The van der Waals surface area contributed by atoms with Crippen molar-refractivity contribution in [3.63, 3.8) is 0 Å². The van der Waals surface area contributed by atoms with Crippen molar-refractivity contribution in [2.45, 2.75) is 67.5 Å². The minimum absolute atomic E-state index is 0.0457. The molecule has 0 saturated heterocycles. The molecule has 0 spiro atoms. The highest BCUT2D eigenvalue weighted by atomic mass is 28.2. The molecule has 0 unspecified atom stereocenters. The van der Waals surface area contributed by atoms with Crippen molar-refractivity contribution in [3.8, 4) is 0 Å². The van der Waals surface area contributed by atoms with Gasteiger partial charge in [-0.25, -0.2) is 0 Å². The van der Waals surface area contributed by atoms with Crippen LogP contribution in [-0.2, 0) is 18.4 Å². The summed E-state index contributed by atoms with van der Waals surface area (Å²) in [5.74, 6) is 0.856. The third-order valence-corrected chi connectivity index (χ3v) is 6.19. The summed E-state index contributed by atoms with van der Waals surface area (Å²) in [5, 5.41) is 0. The zero-order chi connectivity index (χ0) is 18.9. The Bertz CT molecular complexity index is 329. The zero-order valence-electron chi connectivity index (χ0n) is 16.5. The molecule has 0 aromatic carbocycles. The summed E-state index contributed by atoms with van der Waals surface area (Å²) in [7, 11) is 0.291. The van der Waals surface area contributed by atoms with E-state index in [1.807, 2.05) is 0 Å². The average molecular weight is 371 g/mol. The van der Waals surface area contributed by atoms with Gasteiger partial charge in [-0.15, -0.1) is 0 Å². The molecule has 0 aliphatic carbocycles. The van der Waals surface area contributed by atoms with E-state index in [-0.39, 0.29) is 67.0 Å². The van der Waals surface area contributed by atoms with E-state index < -0.39 is 0 Å². The molecule has 0 aliphatic rings. The number of hydrogen-bond donors (Lipinski definition) is 0. The Balaban J connectivity index is 4.03. The van der Waals surface area contributed by atoms with Crippen molar-refractivity contribution >= 4 is 31.5 Å². The first kappa shape index (κ1) is 23.4. The molecular weight excluding hydrogens is 336 g/mol. The highest BCUT2D eigenvalue weighted by Gasteiger charge is 2.28. The highest BCUT2D eigenvalue weighted by molar-refractivity contribution is 6.37. The highest BCUT2D eigenvalue weighted by Crippen LogP contribution is 2.23. The molecule has 0 fully saturated rings. The van der Waals surface area contributed by atoms with Gasteiger partial charge in [-0.3, -0.25) is 9.59 Å². The average Bonchev–Trinajstić information content (AvgIpc) is 2.40. The van der Waals surface area contributed by atoms with Crippen molar-refractivity contribution in [2.75, 3.05) is 0 Å². The topological polar surface area (TPSA) is 52.6 Å². The third-order valence-electron chi connectivity index (χ3n) is 4.09. The lowest BCUT2D eigenvalue weighted by Crippen LogP contribution is -2.29. The third kappa shape index (κ3) is 8.47. The monoisotopic (exact) mass is 370 g/mol. The van der Waals surface area contributed by atoms with Crippen LogP contribution >= 0.6 is 0 Å². The molecule has 0 saturated carbocycles. The lowest BCUT2D eigenvalue weighted by Gasteiger charge is -2.23. The molecule has 24 heavy (non-hydrogen) atoms. The summed E-state index contributed by atoms with van der Waals surface area (Å²) in [4.78, 5) is 24.2. The van der Waals surface area contributed by atoms with Crippen LogP contribution < -0.4 is 0 Å². The second-order valence-corrected chi connectivity index (χ2v) is 9.64. The summed E-state index contributed by atoms with van der Waals surface area (Å²) >= 11 is 0. The largest absolute Gasteiger partial charge is 0.516 e. The fourth-order valence-electron chi connectivity index (χ4n) is 3.11. The van der Waals surface area contributed by atoms with E-state index in [2.05, 4.69) is 55.4 Å². The van der Waals surface area contributed by atoms with Crippen LogP contribution in [0.25, 0.3) is 0 Å². The summed E-state index contributed by atoms with van der Waals surface area (Å²) < 4.78 is 10.8. The first-order valence-corrected chi connectivity index (χ1v) is 11.2. The van der Waals surface area contributed by atoms with Gasteiger partial charge in [0.1, 0.15) is 0 Å². The molecule has 0 bridgehead atoms. The Labute approximate surface area is 153 Å². The van der Waals surface area contributed by atoms with Crippen LogP contribution in [-0.4, -0.2) is 31.5 Å². The van der Waals surface area contributed by atoms with Gasteiger partial charge in [0.25, 0.3) is 11.9 Å². The maximum Gasteiger partial charge on any atom is 0.314 e. The fraction of sp³-hybridized carbons (Fsp3) is 0.889. The Hall–Kier alpha value is -0.626. The van der Waals surface area contributed by atoms with Gasteiger partial charge >= 0.3 is 19.5 Å². The van der Waals surface area contributed by atoms with Crippen LogP contribution in [0.1, 0.15) is 55.4 Å². The number of rotatable bonds is 11. The second-order valence-electron chi connectivity index (χ2n) is 7.66. The van der Waals surface area contributed by atoms with E-state index in [4.69, 9.17) is 8.85 Å². The molecule has 0 rings (SSSR count). The maximum atomic E-state index is 12.1. The molecule has 0 heterocycles. The Morgan fingerprint density at radius 2 is 0.875 bits per heavy atom. The second kappa shape index (κ2) is 11.8. The van der Waals surface area contributed by atoms with Crippen molar-refractivity contribution < 1.29 is 18.4 Å². The smallest absolute Gasteiger partial charge is 0.314 e. The SMILES string of the molecule is CC(C)C(C(=O)O[Si]CC[Si]OC(=O)C(C(C)C)C(C)C)C(C)C. The molecule has 0 N–H and O–H groups in total. The van der Waals surface area contributed by atoms with Gasteiger partial charge < -0.3 is 8.85 Å². The Morgan fingerprint density at radius 3 is 1.08 bits per heavy atom. The molecule has 4 radical (unpaired) electrons. The number of carbonyl (C=O) groups is 2. The minimum Gasteiger partial charge on any atom is -0.516 e. The molecule has 6 heteroatoms. The van der Waals surface area contributed by atoms with Gasteiger partial charge in [0.2, 0.25) is 0 Å². The minimum atomic E-state index is -0.0988. The number of carbonyl (C=O) groups excluding carboxylic acids is 2. The predicted octanol–water partition coefficient (Wildman–Crippen LogP) is 4.00. The summed E-state index contributed by atoms with van der Waals surface area (Å²) in [5.41, 5.74) is 0. The molecule has 0 aromatic heterocycles. The van der Waals surface area contributed by atoms with Crippen LogP contribution in [0.15, 0.2) is 0 Å². The van der Waals surface area contributed by atoms with Gasteiger partial charge in [-0.05, 0) is 35.8 Å². The van der Waals surface area contributed by atoms with E-state index >= 15 is 0 Å². The standard InChI is InChI=1S/C18H34O4Si2/c1-11(2)15(12(3)4)17(19)21-23-9-10-24-22-18(20)16(13(5)6)14(7)8/h11-16H,9-10H2,1-8H3. The van der Waals surface area contributed by atoms with Crippen LogP contribution in [0.4, 0.5) is 0 Å². The quantitative estimate of drug-likeness (QED) is 0.407. The van der Waals surface area contributed by atoms with Crippen LogP contribution in [0.3, 0.4) is 0 Å². The van der Waals surface area contributed by atoms with Crippen molar-refractivity contribution in [1.82, 2.24) is 0 Å². The van der Waals surface area contributed by atoms with Gasteiger partial charge in [-0.1, -0.05) is 55.4 Å². The lowest BCUT2D eigenvalue weighted by molar-refractivity contribution is -0.143. The molecule has 0 amide bonds. The van der Waals surface area contributed by atoms with Crippen molar-refractivity contribution in [3.05, 3.63) is 0 Å². The van der Waals surface area contributed by atoms with E-state index in [9.17, 15) is 9.59 Å². The van der Waals surface area contributed by atoms with E-state index in [1.165, 1.54) is 0 Å². The van der Waals surface area contributed by atoms with Gasteiger partial charge in [0.15, 0.2) is 0 Å². The summed E-state index contributed by atoms with van der Waals surface area (Å²) in [6.45, 7) is 16.4. The summed E-state index contributed by atoms with van der Waals surface area (Å²) in [6.07, 6.45) is 0. The van der Waals surface area contributed by atoms with Gasteiger partial charge in [-0.2, -0.15) is 0 Å². The summed E-state index contributed by atoms with van der Waals surface area (Å²) in [6, 6.07) is 1.52.